The molecule has 1 aliphatic rings. The second-order valence-corrected chi connectivity index (χ2v) is 7.10. The summed E-state index contributed by atoms with van der Waals surface area (Å²) in [5, 5.41) is 0. The van der Waals surface area contributed by atoms with Gasteiger partial charge in [-0.15, -0.1) is 0 Å². The van der Waals surface area contributed by atoms with Crippen LogP contribution in [0.3, 0.4) is 0 Å². The van der Waals surface area contributed by atoms with Gasteiger partial charge in [0.05, 0.1) is 5.69 Å². The van der Waals surface area contributed by atoms with Crippen molar-refractivity contribution in [2.75, 3.05) is 0 Å². The summed E-state index contributed by atoms with van der Waals surface area (Å²) in [4.78, 5) is 3.94. The van der Waals surface area contributed by atoms with E-state index in [-0.39, 0.29) is 0 Å². The number of benzene rings is 1. The highest BCUT2D eigenvalue weighted by Crippen LogP contribution is 2.24. The van der Waals surface area contributed by atoms with E-state index in [1.54, 1.807) is 0 Å². The SMILES string of the molecule is C=Nc1ccc(-[n+]2ccc(-c3cc[n+](CC4CCCC4)cc3)cc2)cc1. The van der Waals surface area contributed by atoms with Crippen LogP contribution < -0.4 is 9.13 Å². The molecule has 0 bridgehead atoms. The number of hydrogen-bond donors (Lipinski definition) is 0. The Kier molecular flexibility index (Phi) is 4.87. The zero-order valence-electron chi connectivity index (χ0n) is 15.1. The number of aromatic nitrogens is 2. The number of nitrogens with zero attached hydrogens (tertiary/aromatic N) is 3. The van der Waals surface area contributed by atoms with Crippen molar-refractivity contribution in [3.63, 3.8) is 0 Å². The molecule has 130 valence electrons. The van der Waals surface area contributed by atoms with Gasteiger partial charge in [-0.2, -0.15) is 4.57 Å². The third-order valence-electron chi connectivity index (χ3n) is 5.33. The van der Waals surface area contributed by atoms with Crippen molar-refractivity contribution in [3.05, 3.63) is 73.3 Å². The third kappa shape index (κ3) is 3.72. The van der Waals surface area contributed by atoms with Crippen molar-refractivity contribution in [3.8, 4) is 16.8 Å². The molecule has 1 aliphatic carbocycles. The van der Waals surface area contributed by atoms with Crippen LogP contribution in [-0.2, 0) is 6.54 Å². The monoisotopic (exact) mass is 343 g/mol. The highest BCUT2D eigenvalue weighted by molar-refractivity contribution is 5.61. The molecule has 0 spiro atoms. The lowest BCUT2D eigenvalue weighted by atomic mass is 10.1. The van der Waals surface area contributed by atoms with E-state index in [1.165, 1.54) is 36.8 Å². The van der Waals surface area contributed by atoms with Crippen LogP contribution in [0.5, 0.6) is 0 Å². The number of aliphatic imine (C=N–C) groups is 1. The Hall–Kier alpha value is -2.81. The smallest absolute Gasteiger partial charge is 0.210 e. The lowest BCUT2D eigenvalue weighted by Crippen LogP contribution is -2.35. The summed E-state index contributed by atoms with van der Waals surface area (Å²) in [5.41, 5.74) is 4.50. The fourth-order valence-electron chi connectivity index (χ4n) is 3.78. The zero-order valence-corrected chi connectivity index (χ0v) is 15.1. The van der Waals surface area contributed by atoms with Gasteiger partial charge in [0.2, 0.25) is 5.69 Å². The molecule has 0 amide bonds. The van der Waals surface area contributed by atoms with Crippen molar-refractivity contribution in [1.29, 1.82) is 0 Å². The Morgan fingerprint density at radius 1 is 0.808 bits per heavy atom. The second-order valence-electron chi connectivity index (χ2n) is 7.10. The molecule has 3 heteroatoms. The van der Waals surface area contributed by atoms with Crippen LogP contribution in [0.4, 0.5) is 5.69 Å². The molecular formula is C23H25N3+2. The minimum Gasteiger partial charge on any atom is -0.265 e. The average molecular weight is 343 g/mol. The highest BCUT2D eigenvalue weighted by Gasteiger charge is 2.19. The topological polar surface area (TPSA) is 20.1 Å². The van der Waals surface area contributed by atoms with Crippen LogP contribution in [-0.4, -0.2) is 6.72 Å². The summed E-state index contributed by atoms with van der Waals surface area (Å²) < 4.78 is 4.44. The molecular weight excluding hydrogens is 318 g/mol. The van der Waals surface area contributed by atoms with Crippen LogP contribution in [0, 0.1) is 5.92 Å². The molecule has 1 fully saturated rings. The fraction of sp³-hybridized carbons (Fsp3) is 0.261. The lowest BCUT2D eigenvalue weighted by molar-refractivity contribution is -0.703. The van der Waals surface area contributed by atoms with Crippen molar-refractivity contribution >= 4 is 12.4 Å². The molecule has 1 aromatic carbocycles. The molecule has 26 heavy (non-hydrogen) atoms. The molecule has 0 radical (unpaired) electrons. The van der Waals surface area contributed by atoms with E-state index in [0.717, 1.165) is 23.8 Å². The molecule has 0 atom stereocenters. The fourth-order valence-corrected chi connectivity index (χ4v) is 3.78. The van der Waals surface area contributed by atoms with Crippen LogP contribution in [0.1, 0.15) is 25.7 Å². The quantitative estimate of drug-likeness (QED) is 0.482. The zero-order chi connectivity index (χ0) is 17.8. The maximum absolute atomic E-state index is 3.94. The standard InChI is InChI=1S/C23H25N3/c1-24-22-6-8-23(9-7-22)26-16-12-21(13-17-26)20-10-14-25(15-11-20)18-19-4-2-3-5-19/h6-17,19H,1-5,18H2/q+2. The largest absolute Gasteiger partial charge is 0.265 e. The molecule has 4 rings (SSSR count). The molecule has 0 saturated heterocycles. The summed E-state index contributed by atoms with van der Waals surface area (Å²) >= 11 is 0. The van der Waals surface area contributed by atoms with Gasteiger partial charge >= 0.3 is 0 Å². The van der Waals surface area contributed by atoms with E-state index >= 15 is 0 Å². The first-order chi connectivity index (χ1) is 12.8. The van der Waals surface area contributed by atoms with E-state index in [4.69, 9.17) is 0 Å². The van der Waals surface area contributed by atoms with E-state index in [1.807, 2.05) is 12.1 Å². The molecule has 0 aliphatic heterocycles. The van der Waals surface area contributed by atoms with Gasteiger partial charge in [0.15, 0.2) is 31.3 Å². The van der Waals surface area contributed by atoms with Gasteiger partial charge in [0.1, 0.15) is 0 Å². The summed E-state index contributed by atoms with van der Waals surface area (Å²) in [5.74, 6) is 0.865. The molecule has 2 aromatic heterocycles. The molecule has 0 N–H and O–H groups in total. The first-order valence-electron chi connectivity index (χ1n) is 9.40. The predicted molar refractivity (Wildman–Crippen MR) is 105 cm³/mol. The molecule has 1 saturated carbocycles. The van der Waals surface area contributed by atoms with Gasteiger partial charge in [0, 0.05) is 42.3 Å². The van der Waals surface area contributed by atoms with Gasteiger partial charge in [-0.3, -0.25) is 4.99 Å². The maximum Gasteiger partial charge on any atom is 0.210 e. The minimum atomic E-state index is 0.865. The van der Waals surface area contributed by atoms with Crippen LogP contribution >= 0.6 is 0 Å². The van der Waals surface area contributed by atoms with E-state index in [0.29, 0.717) is 0 Å². The lowest BCUT2D eigenvalue weighted by Gasteiger charge is -2.05. The molecule has 3 nitrogen and oxygen atoms in total. The van der Waals surface area contributed by atoms with Crippen molar-refractivity contribution in [2.24, 2.45) is 10.9 Å². The molecule has 2 heterocycles. The van der Waals surface area contributed by atoms with Gasteiger partial charge in [-0.25, -0.2) is 4.57 Å². The summed E-state index contributed by atoms with van der Waals surface area (Å²) in [6, 6.07) is 16.8. The maximum atomic E-state index is 3.94. The molecule has 3 aromatic rings. The van der Waals surface area contributed by atoms with Gasteiger partial charge < -0.3 is 0 Å². The van der Waals surface area contributed by atoms with E-state index < -0.39 is 0 Å². The second kappa shape index (κ2) is 7.61. The molecule has 0 unspecified atom stereocenters. The van der Waals surface area contributed by atoms with Crippen LogP contribution in [0.2, 0.25) is 0 Å². The Balaban J connectivity index is 1.48. The van der Waals surface area contributed by atoms with Crippen molar-refractivity contribution < 1.29 is 9.13 Å². The highest BCUT2D eigenvalue weighted by atomic mass is 14.9. The Bertz CT molecular complexity index is 859. The van der Waals surface area contributed by atoms with Crippen LogP contribution in [0.25, 0.3) is 16.8 Å². The first-order valence-corrected chi connectivity index (χ1v) is 9.40. The van der Waals surface area contributed by atoms with Crippen LogP contribution in [0.15, 0.2) is 78.3 Å². The van der Waals surface area contributed by atoms with E-state index in [9.17, 15) is 0 Å². The Morgan fingerprint density at radius 3 is 1.96 bits per heavy atom. The predicted octanol–water partition coefficient (Wildman–Crippen LogP) is 4.44. The Labute approximate surface area is 155 Å². The van der Waals surface area contributed by atoms with Gasteiger partial charge in [-0.1, -0.05) is 12.8 Å². The van der Waals surface area contributed by atoms with Crippen molar-refractivity contribution in [2.45, 2.75) is 32.2 Å². The number of hydrogen-bond acceptors (Lipinski definition) is 1. The summed E-state index contributed by atoms with van der Waals surface area (Å²) in [6.07, 6.45) is 14.2. The summed E-state index contributed by atoms with van der Waals surface area (Å²) in [7, 11) is 0. The van der Waals surface area contributed by atoms with Gasteiger partial charge in [0.25, 0.3) is 0 Å². The van der Waals surface area contributed by atoms with Crippen molar-refractivity contribution in [1.82, 2.24) is 0 Å². The van der Waals surface area contributed by atoms with E-state index in [2.05, 4.69) is 82.0 Å². The third-order valence-corrected chi connectivity index (χ3v) is 5.33. The minimum absolute atomic E-state index is 0.865. The first kappa shape index (κ1) is 16.6. The number of rotatable bonds is 5. The van der Waals surface area contributed by atoms with Gasteiger partial charge in [-0.05, 0) is 42.8 Å². The Morgan fingerprint density at radius 2 is 1.38 bits per heavy atom. The number of pyridine rings is 2. The summed E-state index contributed by atoms with van der Waals surface area (Å²) in [6.45, 7) is 4.71. The normalized spacial score (nSPS) is 14.5. The average Bonchev–Trinajstić information content (AvgIpc) is 3.22.